The SMILES string of the molecule is Nc1nc(N2CCC(N)C2)sc1C(=O)N1CCC(N)C1. The highest BCUT2D eigenvalue weighted by molar-refractivity contribution is 7.18. The number of hydrogen-bond donors (Lipinski definition) is 3. The first-order chi connectivity index (χ1) is 9.54. The second kappa shape index (κ2) is 5.19. The zero-order valence-electron chi connectivity index (χ0n) is 11.3. The molecular weight excluding hydrogens is 276 g/mol. The van der Waals surface area contributed by atoms with Gasteiger partial charge in [0.2, 0.25) is 0 Å². The van der Waals surface area contributed by atoms with E-state index in [9.17, 15) is 4.79 Å². The minimum Gasteiger partial charge on any atom is -0.382 e. The second-order valence-corrected chi connectivity index (χ2v) is 6.48. The molecule has 8 heteroatoms. The molecule has 3 heterocycles. The van der Waals surface area contributed by atoms with E-state index in [1.54, 1.807) is 4.90 Å². The molecule has 2 aliphatic heterocycles. The van der Waals surface area contributed by atoms with Crippen molar-refractivity contribution < 1.29 is 4.79 Å². The van der Waals surface area contributed by atoms with Crippen LogP contribution >= 0.6 is 11.3 Å². The fourth-order valence-corrected chi connectivity index (χ4v) is 3.67. The van der Waals surface area contributed by atoms with Gasteiger partial charge in [-0.2, -0.15) is 0 Å². The van der Waals surface area contributed by atoms with Gasteiger partial charge in [-0.1, -0.05) is 11.3 Å². The Morgan fingerprint density at radius 1 is 1.20 bits per heavy atom. The Bertz CT molecular complexity index is 518. The highest BCUT2D eigenvalue weighted by atomic mass is 32.1. The van der Waals surface area contributed by atoms with E-state index in [0.717, 1.165) is 31.1 Å². The zero-order valence-corrected chi connectivity index (χ0v) is 12.1. The van der Waals surface area contributed by atoms with E-state index in [-0.39, 0.29) is 18.0 Å². The predicted molar refractivity (Wildman–Crippen MR) is 79.8 cm³/mol. The number of amides is 1. The number of thiazole rings is 1. The molecule has 6 N–H and O–H groups in total. The van der Waals surface area contributed by atoms with Crippen molar-refractivity contribution in [2.45, 2.75) is 24.9 Å². The smallest absolute Gasteiger partial charge is 0.267 e. The van der Waals surface area contributed by atoms with Crippen LogP contribution in [0.1, 0.15) is 22.5 Å². The van der Waals surface area contributed by atoms with Gasteiger partial charge in [0.15, 0.2) is 5.13 Å². The first-order valence-electron chi connectivity index (χ1n) is 6.86. The average molecular weight is 296 g/mol. The fourth-order valence-electron chi connectivity index (χ4n) is 2.69. The van der Waals surface area contributed by atoms with E-state index in [1.165, 1.54) is 11.3 Å². The standard InChI is InChI=1S/C12H20N6OS/c13-7-1-3-17(5-7)11(19)9-10(15)16-12(20-9)18-4-2-8(14)6-18/h7-8H,1-6,13-15H2. The van der Waals surface area contributed by atoms with Crippen LogP contribution in [0.15, 0.2) is 0 Å². The summed E-state index contributed by atoms with van der Waals surface area (Å²) in [7, 11) is 0. The van der Waals surface area contributed by atoms with E-state index >= 15 is 0 Å². The van der Waals surface area contributed by atoms with Crippen LogP contribution in [-0.4, -0.2) is 54.1 Å². The van der Waals surface area contributed by atoms with Crippen LogP contribution in [0.5, 0.6) is 0 Å². The topological polar surface area (TPSA) is 114 Å². The number of nitrogens with two attached hydrogens (primary N) is 3. The lowest BCUT2D eigenvalue weighted by atomic mass is 10.3. The largest absolute Gasteiger partial charge is 0.382 e. The molecule has 2 fully saturated rings. The molecule has 1 aromatic heterocycles. The molecule has 0 spiro atoms. The van der Waals surface area contributed by atoms with Gasteiger partial charge in [0, 0.05) is 38.3 Å². The van der Waals surface area contributed by atoms with E-state index in [2.05, 4.69) is 9.88 Å². The van der Waals surface area contributed by atoms with Crippen LogP contribution in [-0.2, 0) is 0 Å². The van der Waals surface area contributed by atoms with Crippen molar-refractivity contribution in [3.63, 3.8) is 0 Å². The Kier molecular flexibility index (Phi) is 3.53. The number of carbonyl (C=O) groups is 1. The maximum Gasteiger partial charge on any atom is 0.267 e. The van der Waals surface area contributed by atoms with Crippen LogP contribution in [0.3, 0.4) is 0 Å². The number of rotatable bonds is 2. The van der Waals surface area contributed by atoms with Crippen LogP contribution in [0.4, 0.5) is 10.9 Å². The Morgan fingerprint density at radius 3 is 2.50 bits per heavy atom. The average Bonchev–Trinajstić information content (AvgIpc) is 3.09. The first-order valence-corrected chi connectivity index (χ1v) is 7.68. The van der Waals surface area contributed by atoms with Crippen molar-refractivity contribution in [1.29, 1.82) is 0 Å². The molecule has 2 unspecified atom stereocenters. The van der Waals surface area contributed by atoms with Gasteiger partial charge < -0.3 is 27.0 Å². The number of aromatic nitrogens is 1. The number of nitrogen functional groups attached to an aromatic ring is 1. The molecule has 1 aromatic rings. The minimum absolute atomic E-state index is 0.0531. The van der Waals surface area contributed by atoms with E-state index in [4.69, 9.17) is 17.2 Å². The molecule has 0 aromatic carbocycles. The van der Waals surface area contributed by atoms with Gasteiger partial charge >= 0.3 is 0 Å². The first kappa shape index (κ1) is 13.6. The number of likely N-dealkylation sites (tertiary alicyclic amines) is 1. The molecule has 2 atom stereocenters. The third-order valence-electron chi connectivity index (χ3n) is 3.84. The summed E-state index contributed by atoms with van der Waals surface area (Å²) in [6.07, 6.45) is 1.79. The fraction of sp³-hybridized carbons (Fsp3) is 0.667. The molecule has 0 aliphatic carbocycles. The highest BCUT2D eigenvalue weighted by Crippen LogP contribution is 2.31. The van der Waals surface area contributed by atoms with Gasteiger partial charge in [-0.05, 0) is 12.8 Å². The quantitative estimate of drug-likeness (QED) is 0.674. The van der Waals surface area contributed by atoms with E-state index in [0.29, 0.717) is 23.8 Å². The molecule has 0 radical (unpaired) electrons. The summed E-state index contributed by atoms with van der Waals surface area (Å²) in [6.45, 7) is 2.94. The lowest BCUT2D eigenvalue weighted by Gasteiger charge is -2.15. The molecule has 0 saturated carbocycles. The zero-order chi connectivity index (χ0) is 14.3. The lowest BCUT2D eigenvalue weighted by molar-refractivity contribution is 0.0796. The minimum atomic E-state index is -0.0531. The summed E-state index contributed by atoms with van der Waals surface area (Å²) in [5.41, 5.74) is 17.6. The van der Waals surface area contributed by atoms with Crippen molar-refractivity contribution in [3.05, 3.63) is 4.88 Å². The summed E-state index contributed by atoms with van der Waals surface area (Å²) in [5.74, 6) is 0.263. The molecule has 0 bridgehead atoms. The molecule has 3 rings (SSSR count). The van der Waals surface area contributed by atoms with Crippen molar-refractivity contribution in [2.24, 2.45) is 11.5 Å². The second-order valence-electron chi connectivity index (χ2n) is 5.51. The molecule has 2 saturated heterocycles. The highest BCUT2D eigenvalue weighted by Gasteiger charge is 2.29. The third kappa shape index (κ3) is 2.46. The van der Waals surface area contributed by atoms with Gasteiger partial charge in [0.1, 0.15) is 10.7 Å². The van der Waals surface area contributed by atoms with Crippen molar-refractivity contribution in [2.75, 3.05) is 36.8 Å². The van der Waals surface area contributed by atoms with Crippen LogP contribution in [0.2, 0.25) is 0 Å². The Labute approximate surface area is 121 Å². The number of anilines is 2. The van der Waals surface area contributed by atoms with E-state index in [1.807, 2.05) is 0 Å². The summed E-state index contributed by atoms with van der Waals surface area (Å²) in [4.78, 5) is 21.1. The Balaban J connectivity index is 1.77. The summed E-state index contributed by atoms with van der Waals surface area (Å²) in [5, 5.41) is 0.794. The van der Waals surface area contributed by atoms with Gasteiger partial charge in [-0.25, -0.2) is 4.98 Å². The van der Waals surface area contributed by atoms with Gasteiger partial charge in [0.05, 0.1) is 0 Å². The normalized spacial score (nSPS) is 26.5. The molecule has 1 amide bonds. The maximum absolute atomic E-state index is 12.4. The van der Waals surface area contributed by atoms with Gasteiger partial charge in [-0.15, -0.1) is 0 Å². The summed E-state index contributed by atoms with van der Waals surface area (Å²) >= 11 is 1.36. The molecule has 110 valence electrons. The van der Waals surface area contributed by atoms with Crippen molar-refractivity contribution in [1.82, 2.24) is 9.88 Å². The molecule has 7 nitrogen and oxygen atoms in total. The molecule has 2 aliphatic rings. The predicted octanol–water partition coefficient (Wildman–Crippen LogP) is -0.564. The monoisotopic (exact) mass is 296 g/mol. The van der Waals surface area contributed by atoms with Crippen molar-refractivity contribution >= 4 is 28.2 Å². The van der Waals surface area contributed by atoms with Gasteiger partial charge in [-0.3, -0.25) is 4.79 Å². The maximum atomic E-state index is 12.4. The number of carbonyl (C=O) groups excluding carboxylic acids is 1. The summed E-state index contributed by atoms with van der Waals surface area (Å²) < 4.78 is 0. The molecule has 20 heavy (non-hydrogen) atoms. The lowest BCUT2D eigenvalue weighted by Crippen LogP contribution is -2.31. The van der Waals surface area contributed by atoms with E-state index < -0.39 is 0 Å². The van der Waals surface area contributed by atoms with Crippen molar-refractivity contribution in [3.8, 4) is 0 Å². The third-order valence-corrected chi connectivity index (χ3v) is 4.96. The summed E-state index contributed by atoms with van der Waals surface area (Å²) in [6, 6.07) is 0.250. The Hall–Kier alpha value is -1.38. The van der Waals surface area contributed by atoms with Crippen LogP contribution in [0.25, 0.3) is 0 Å². The van der Waals surface area contributed by atoms with Crippen LogP contribution < -0.4 is 22.1 Å². The van der Waals surface area contributed by atoms with Gasteiger partial charge in [0.25, 0.3) is 5.91 Å². The Morgan fingerprint density at radius 2 is 1.90 bits per heavy atom. The number of hydrogen-bond acceptors (Lipinski definition) is 7. The molecular formula is C12H20N6OS. The number of nitrogens with zero attached hydrogens (tertiary/aromatic N) is 3. The van der Waals surface area contributed by atoms with Crippen LogP contribution in [0, 0.1) is 0 Å².